The summed E-state index contributed by atoms with van der Waals surface area (Å²) in [6.45, 7) is 5.93. The number of hydrogen-bond acceptors (Lipinski definition) is 3. The number of nitrogens with zero attached hydrogens (tertiary/aromatic N) is 1. The molecule has 0 aromatic heterocycles. The number of nitrogens with one attached hydrogen (secondary N) is 2. The molecular formula is C21H33N3O2S. The Hall–Kier alpha value is -1.69. The number of benzene rings is 1. The second kappa shape index (κ2) is 11.9. The van der Waals surface area contributed by atoms with Crippen LogP contribution in [0.25, 0.3) is 0 Å². The first-order valence-corrected chi connectivity index (χ1v) is 11.3. The monoisotopic (exact) mass is 391 g/mol. The SMILES string of the molecule is CCCCCCC(C)NC(=O)Nc1ccc(CC(=O)N2CCSCC2)cc1. The summed E-state index contributed by atoms with van der Waals surface area (Å²) in [5.74, 6) is 2.24. The highest BCUT2D eigenvalue weighted by Gasteiger charge is 2.16. The molecule has 1 unspecified atom stereocenters. The van der Waals surface area contributed by atoms with Gasteiger partial charge in [0.05, 0.1) is 6.42 Å². The number of urea groups is 1. The molecule has 0 bridgehead atoms. The van der Waals surface area contributed by atoms with Gasteiger partial charge in [-0.15, -0.1) is 0 Å². The van der Waals surface area contributed by atoms with E-state index >= 15 is 0 Å². The van der Waals surface area contributed by atoms with Gasteiger partial charge in [-0.2, -0.15) is 11.8 Å². The van der Waals surface area contributed by atoms with Crippen molar-refractivity contribution in [2.24, 2.45) is 0 Å². The van der Waals surface area contributed by atoms with E-state index < -0.39 is 0 Å². The number of unbranched alkanes of at least 4 members (excludes halogenated alkanes) is 3. The van der Waals surface area contributed by atoms with Gasteiger partial charge in [-0.3, -0.25) is 4.79 Å². The van der Waals surface area contributed by atoms with E-state index in [-0.39, 0.29) is 18.0 Å². The van der Waals surface area contributed by atoms with Crippen molar-refractivity contribution in [3.05, 3.63) is 29.8 Å². The lowest BCUT2D eigenvalue weighted by Gasteiger charge is -2.26. The summed E-state index contributed by atoms with van der Waals surface area (Å²) in [4.78, 5) is 26.4. The minimum Gasteiger partial charge on any atom is -0.341 e. The fourth-order valence-electron chi connectivity index (χ4n) is 3.15. The Morgan fingerprint density at radius 2 is 1.81 bits per heavy atom. The predicted molar refractivity (Wildman–Crippen MR) is 114 cm³/mol. The molecule has 0 radical (unpaired) electrons. The van der Waals surface area contributed by atoms with Gasteiger partial charge in [-0.1, -0.05) is 44.7 Å². The largest absolute Gasteiger partial charge is 0.341 e. The van der Waals surface area contributed by atoms with E-state index in [2.05, 4.69) is 17.6 Å². The van der Waals surface area contributed by atoms with Gasteiger partial charge in [0.1, 0.15) is 0 Å². The Kier molecular flexibility index (Phi) is 9.53. The second-order valence-electron chi connectivity index (χ2n) is 7.22. The average Bonchev–Trinajstić information content (AvgIpc) is 2.67. The van der Waals surface area contributed by atoms with Gasteiger partial charge in [-0.05, 0) is 31.0 Å². The van der Waals surface area contributed by atoms with Crippen LogP contribution in [0.3, 0.4) is 0 Å². The number of carbonyl (C=O) groups is 2. The smallest absolute Gasteiger partial charge is 0.319 e. The first-order valence-electron chi connectivity index (χ1n) is 10.1. The van der Waals surface area contributed by atoms with Gasteiger partial charge in [-0.25, -0.2) is 4.79 Å². The molecule has 2 N–H and O–H groups in total. The van der Waals surface area contributed by atoms with Crippen LogP contribution in [-0.2, 0) is 11.2 Å². The van der Waals surface area contributed by atoms with Crippen LogP contribution in [0, 0.1) is 0 Å². The number of hydrogen-bond donors (Lipinski definition) is 2. The lowest BCUT2D eigenvalue weighted by Crippen LogP contribution is -2.38. The van der Waals surface area contributed by atoms with Crippen LogP contribution in [0.1, 0.15) is 51.5 Å². The summed E-state index contributed by atoms with van der Waals surface area (Å²) in [7, 11) is 0. The highest BCUT2D eigenvalue weighted by Crippen LogP contribution is 2.14. The van der Waals surface area contributed by atoms with E-state index in [4.69, 9.17) is 0 Å². The van der Waals surface area contributed by atoms with Crippen LogP contribution < -0.4 is 10.6 Å². The molecule has 0 aliphatic carbocycles. The van der Waals surface area contributed by atoms with Gasteiger partial charge >= 0.3 is 6.03 Å². The summed E-state index contributed by atoms with van der Waals surface area (Å²) in [5.41, 5.74) is 1.73. The van der Waals surface area contributed by atoms with Crippen molar-refractivity contribution in [3.8, 4) is 0 Å². The van der Waals surface area contributed by atoms with E-state index in [9.17, 15) is 9.59 Å². The van der Waals surface area contributed by atoms with Crippen LogP contribution in [-0.4, -0.2) is 47.5 Å². The fraction of sp³-hybridized carbons (Fsp3) is 0.619. The first kappa shape index (κ1) is 21.6. The standard InChI is InChI=1S/C21H33N3O2S/c1-3-4-5-6-7-17(2)22-21(26)23-19-10-8-18(9-11-19)16-20(25)24-12-14-27-15-13-24/h8-11,17H,3-7,12-16H2,1-2H3,(H2,22,23,26). The lowest BCUT2D eigenvalue weighted by molar-refractivity contribution is -0.130. The normalized spacial score (nSPS) is 15.3. The lowest BCUT2D eigenvalue weighted by atomic mass is 10.1. The fourth-order valence-corrected chi connectivity index (χ4v) is 4.05. The molecule has 0 saturated carbocycles. The Morgan fingerprint density at radius 3 is 2.48 bits per heavy atom. The quantitative estimate of drug-likeness (QED) is 0.618. The maximum atomic E-state index is 12.3. The molecule has 2 rings (SSSR count). The van der Waals surface area contributed by atoms with Crippen molar-refractivity contribution >= 4 is 29.4 Å². The molecule has 1 aromatic carbocycles. The zero-order chi connectivity index (χ0) is 19.5. The maximum absolute atomic E-state index is 12.3. The number of carbonyl (C=O) groups excluding carboxylic acids is 2. The third-order valence-corrected chi connectivity index (χ3v) is 5.74. The third-order valence-electron chi connectivity index (χ3n) is 4.80. The van der Waals surface area contributed by atoms with E-state index in [1.807, 2.05) is 47.9 Å². The number of thioether (sulfide) groups is 1. The van der Waals surface area contributed by atoms with E-state index in [1.165, 1.54) is 19.3 Å². The first-order chi connectivity index (χ1) is 13.1. The molecule has 1 heterocycles. The Morgan fingerprint density at radius 1 is 1.11 bits per heavy atom. The van der Waals surface area contributed by atoms with Gasteiger partial charge in [0.25, 0.3) is 0 Å². The number of anilines is 1. The maximum Gasteiger partial charge on any atom is 0.319 e. The molecule has 1 aliphatic rings. The zero-order valence-electron chi connectivity index (χ0n) is 16.6. The molecule has 1 atom stereocenters. The summed E-state index contributed by atoms with van der Waals surface area (Å²) in [6.07, 6.45) is 6.27. The molecule has 0 spiro atoms. The van der Waals surface area contributed by atoms with Crippen LogP contribution in [0.5, 0.6) is 0 Å². The van der Waals surface area contributed by atoms with Crippen molar-refractivity contribution in [3.63, 3.8) is 0 Å². The van der Waals surface area contributed by atoms with Crippen LogP contribution >= 0.6 is 11.8 Å². The van der Waals surface area contributed by atoms with Crippen molar-refractivity contribution in [2.75, 3.05) is 29.9 Å². The predicted octanol–water partition coefficient (Wildman–Crippen LogP) is 4.28. The zero-order valence-corrected chi connectivity index (χ0v) is 17.4. The molecule has 27 heavy (non-hydrogen) atoms. The molecule has 3 amide bonds. The van der Waals surface area contributed by atoms with E-state index in [1.54, 1.807) is 0 Å². The minimum absolute atomic E-state index is 0.168. The Bertz CT molecular complexity index is 586. The van der Waals surface area contributed by atoms with E-state index in [0.717, 1.165) is 48.7 Å². The Labute approximate surface area is 167 Å². The molecule has 1 saturated heterocycles. The summed E-state index contributed by atoms with van der Waals surface area (Å²) in [5, 5.41) is 5.85. The molecule has 1 fully saturated rings. The number of rotatable bonds is 9. The van der Waals surface area contributed by atoms with Gasteiger partial charge < -0.3 is 15.5 Å². The Balaban J connectivity index is 1.72. The van der Waals surface area contributed by atoms with Crippen molar-refractivity contribution in [2.45, 2.75) is 58.4 Å². The van der Waals surface area contributed by atoms with Gasteiger partial charge in [0.2, 0.25) is 5.91 Å². The molecule has 5 nitrogen and oxygen atoms in total. The highest BCUT2D eigenvalue weighted by atomic mass is 32.2. The minimum atomic E-state index is -0.173. The second-order valence-corrected chi connectivity index (χ2v) is 8.44. The van der Waals surface area contributed by atoms with Gasteiger partial charge in [0, 0.05) is 36.3 Å². The van der Waals surface area contributed by atoms with Crippen molar-refractivity contribution < 1.29 is 9.59 Å². The topological polar surface area (TPSA) is 61.4 Å². The highest BCUT2D eigenvalue weighted by molar-refractivity contribution is 7.99. The molecule has 1 aliphatic heterocycles. The summed E-state index contributed by atoms with van der Waals surface area (Å²) >= 11 is 1.90. The molecule has 1 aromatic rings. The molecule has 6 heteroatoms. The van der Waals surface area contributed by atoms with Gasteiger partial charge in [0.15, 0.2) is 0 Å². The van der Waals surface area contributed by atoms with Crippen molar-refractivity contribution in [1.82, 2.24) is 10.2 Å². The summed E-state index contributed by atoms with van der Waals surface area (Å²) in [6, 6.07) is 7.55. The third kappa shape index (κ3) is 8.24. The molecular weight excluding hydrogens is 358 g/mol. The average molecular weight is 392 g/mol. The van der Waals surface area contributed by atoms with E-state index in [0.29, 0.717) is 6.42 Å². The van der Waals surface area contributed by atoms with Crippen LogP contribution in [0.4, 0.5) is 10.5 Å². The van der Waals surface area contributed by atoms with Crippen molar-refractivity contribution in [1.29, 1.82) is 0 Å². The van der Waals surface area contributed by atoms with Crippen LogP contribution in [0.2, 0.25) is 0 Å². The summed E-state index contributed by atoms with van der Waals surface area (Å²) < 4.78 is 0. The van der Waals surface area contributed by atoms with Crippen LogP contribution in [0.15, 0.2) is 24.3 Å². The number of amides is 3. The molecule has 150 valence electrons.